The Labute approximate surface area is 180 Å². The molecule has 0 radical (unpaired) electrons. The summed E-state index contributed by atoms with van der Waals surface area (Å²) in [5.41, 5.74) is -0.505. The van der Waals surface area contributed by atoms with Crippen LogP contribution in [0.1, 0.15) is 15.4 Å². The topological polar surface area (TPSA) is 129 Å². The van der Waals surface area contributed by atoms with Gasteiger partial charge >= 0.3 is 6.18 Å². The predicted octanol–water partition coefficient (Wildman–Crippen LogP) is 1.44. The van der Waals surface area contributed by atoms with E-state index in [1.165, 1.54) is 17.2 Å². The van der Waals surface area contributed by atoms with Crippen LogP contribution in [0.5, 0.6) is 0 Å². The number of hydrogen-bond acceptors (Lipinski definition) is 8. The van der Waals surface area contributed by atoms with E-state index in [-0.39, 0.29) is 41.0 Å². The third-order valence-corrected chi connectivity index (χ3v) is 5.80. The maximum Gasteiger partial charge on any atom is 0.417 e. The second-order valence-electron chi connectivity index (χ2n) is 7.05. The van der Waals surface area contributed by atoms with Crippen LogP contribution in [-0.4, -0.2) is 64.9 Å². The summed E-state index contributed by atoms with van der Waals surface area (Å²) in [4.78, 5) is 33.0. The van der Waals surface area contributed by atoms with Gasteiger partial charge in [0.1, 0.15) is 5.65 Å². The van der Waals surface area contributed by atoms with Crippen molar-refractivity contribution in [3.8, 4) is 22.0 Å². The number of aliphatic hydroxyl groups excluding tert-OH is 1. The van der Waals surface area contributed by atoms with Gasteiger partial charge in [0.05, 0.1) is 34.8 Å². The summed E-state index contributed by atoms with van der Waals surface area (Å²) in [6.45, 7) is 0.447. The Morgan fingerprint density at radius 1 is 1.22 bits per heavy atom. The Morgan fingerprint density at radius 2 is 2.00 bits per heavy atom. The molecule has 0 aliphatic carbocycles. The van der Waals surface area contributed by atoms with Crippen LogP contribution in [-0.2, 0) is 6.18 Å². The van der Waals surface area contributed by atoms with E-state index in [4.69, 9.17) is 0 Å². The summed E-state index contributed by atoms with van der Waals surface area (Å²) >= 11 is 0.994. The molecule has 164 valence electrons. The van der Waals surface area contributed by atoms with Crippen LogP contribution in [0.15, 0.2) is 35.4 Å². The summed E-state index contributed by atoms with van der Waals surface area (Å²) in [6.07, 6.45) is -3.01. The third kappa shape index (κ3) is 3.42. The molecule has 0 saturated carbocycles. The van der Waals surface area contributed by atoms with Gasteiger partial charge in [-0.3, -0.25) is 14.6 Å². The number of pyridine rings is 1. The standard InChI is InChI=1S/C18H12F3N7O3S/c19-18(20,21)8-1-2-11(22-4-8)12-3-13(30)28-14(24-12)10(5-23-28)15-25-26-16(32-15)17(31)27-6-9(29)7-27/h1-5,9,24,29H,6-7H2. The Morgan fingerprint density at radius 3 is 2.66 bits per heavy atom. The number of aromatic amines is 1. The van der Waals surface area contributed by atoms with Gasteiger partial charge in [-0.1, -0.05) is 11.3 Å². The number of H-pyrrole nitrogens is 1. The summed E-state index contributed by atoms with van der Waals surface area (Å²) in [5, 5.41) is 21.7. The minimum absolute atomic E-state index is 0.120. The van der Waals surface area contributed by atoms with Crippen LogP contribution in [0.2, 0.25) is 0 Å². The molecule has 1 aliphatic heterocycles. The van der Waals surface area contributed by atoms with Crippen molar-refractivity contribution >= 4 is 22.9 Å². The molecule has 0 aromatic carbocycles. The van der Waals surface area contributed by atoms with Crippen molar-refractivity contribution in [3.05, 3.63) is 51.5 Å². The molecule has 2 N–H and O–H groups in total. The predicted molar refractivity (Wildman–Crippen MR) is 105 cm³/mol. The first-order chi connectivity index (χ1) is 15.2. The number of carbonyl (C=O) groups is 1. The number of alkyl halides is 3. The van der Waals surface area contributed by atoms with E-state index in [1.807, 2.05) is 0 Å². The second-order valence-corrected chi connectivity index (χ2v) is 8.02. The number of carbonyl (C=O) groups excluding carboxylic acids is 1. The van der Waals surface area contributed by atoms with Gasteiger partial charge in [0.2, 0.25) is 5.01 Å². The quantitative estimate of drug-likeness (QED) is 0.470. The van der Waals surface area contributed by atoms with E-state index in [2.05, 4.69) is 25.3 Å². The number of β-amino-alcohol motifs (C(OH)–C–C–N with tert-alkyl or cyclic N) is 1. The van der Waals surface area contributed by atoms with E-state index in [9.17, 15) is 27.9 Å². The first-order valence-corrected chi connectivity index (χ1v) is 9.98. The highest BCUT2D eigenvalue weighted by Crippen LogP contribution is 2.30. The molecule has 0 spiro atoms. The second kappa shape index (κ2) is 7.20. The van der Waals surface area contributed by atoms with Gasteiger partial charge in [-0.15, -0.1) is 10.2 Å². The normalized spacial score (nSPS) is 14.7. The van der Waals surface area contributed by atoms with E-state index in [0.29, 0.717) is 16.8 Å². The molecule has 4 aromatic heterocycles. The molecule has 1 amide bonds. The summed E-state index contributed by atoms with van der Waals surface area (Å²) in [6, 6.07) is 3.20. The van der Waals surface area contributed by atoms with E-state index in [0.717, 1.165) is 28.0 Å². The molecule has 1 saturated heterocycles. The molecule has 10 nitrogen and oxygen atoms in total. The van der Waals surface area contributed by atoms with Crippen LogP contribution in [0.25, 0.3) is 27.6 Å². The van der Waals surface area contributed by atoms with Crippen molar-refractivity contribution in [1.29, 1.82) is 0 Å². The maximum atomic E-state index is 12.8. The zero-order chi connectivity index (χ0) is 22.6. The fourth-order valence-electron chi connectivity index (χ4n) is 3.17. The van der Waals surface area contributed by atoms with Crippen LogP contribution < -0.4 is 5.56 Å². The largest absolute Gasteiger partial charge is 0.417 e. The third-order valence-electron chi connectivity index (χ3n) is 4.85. The fraction of sp³-hybridized carbons (Fsp3) is 0.222. The highest BCUT2D eigenvalue weighted by Gasteiger charge is 2.32. The monoisotopic (exact) mass is 463 g/mol. The van der Waals surface area contributed by atoms with Gasteiger partial charge in [0.25, 0.3) is 11.5 Å². The molecule has 0 atom stereocenters. The number of fused-ring (bicyclic) bond motifs is 1. The van der Waals surface area contributed by atoms with Gasteiger partial charge < -0.3 is 15.0 Å². The first kappa shape index (κ1) is 20.3. The van der Waals surface area contributed by atoms with E-state index < -0.39 is 23.4 Å². The molecule has 1 aliphatic rings. The SMILES string of the molecule is O=C(c1nnc(-c2cnn3c(=O)cc(-c4ccc(C(F)(F)F)cn4)[nH]c23)s1)N1CC(O)C1. The van der Waals surface area contributed by atoms with Crippen molar-refractivity contribution < 1.29 is 23.1 Å². The Bertz CT molecular complexity index is 1390. The van der Waals surface area contributed by atoms with E-state index in [1.54, 1.807) is 0 Å². The lowest BCUT2D eigenvalue weighted by Crippen LogP contribution is -2.53. The number of likely N-dealkylation sites (tertiary alicyclic amines) is 1. The lowest BCUT2D eigenvalue weighted by molar-refractivity contribution is -0.137. The average molecular weight is 463 g/mol. The van der Waals surface area contributed by atoms with Crippen LogP contribution >= 0.6 is 11.3 Å². The summed E-state index contributed by atoms with van der Waals surface area (Å²) in [7, 11) is 0. The van der Waals surface area contributed by atoms with Gasteiger partial charge in [0, 0.05) is 25.4 Å². The molecule has 0 bridgehead atoms. The molecule has 0 unspecified atom stereocenters. The molecule has 32 heavy (non-hydrogen) atoms. The molecule has 1 fully saturated rings. The number of rotatable bonds is 3. The highest BCUT2D eigenvalue weighted by atomic mass is 32.1. The van der Waals surface area contributed by atoms with E-state index >= 15 is 0 Å². The maximum absolute atomic E-state index is 12.8. The number of amides is 1. The average Bonchev–Trinajstić information content (AvgIpc) is 3.37. The molecular weight excluding hydrogens is 451 g/mol. The number of hydrogen-bond donors (Lipinski definition) is 2. The van der Waals surface area contributed by atoms with Crippen molar-refractivity contribution in [2.24, 2.45) is 0 Å². The molecule has 5 rings (SSSR count). The minimum atomic E-state index is -4.53. The zero-order valence-electron chi connectivity index (χ0n) is 15.9. The Hall–Kier alpha value is -3.65. The summed E-state index contributed by atoms with van der Waals surface area (Å²) in [5.74, 6) is -0.362. The van der Waals surface area contributed by atoms with Crippen LogP contribution in [0.3, 0.4) is 0 Å². The zero-order valence-corrected chi connectivity index (χ0v) is 16.7. The highest BCUT2D eigenvalue weighted by molar-refractivity contribution is 7.16. The van der Waals surface area contributed by atoms with Gasteiger partial charge in [0.15, 0.2) is 5.01 Å². The van der Waals surface area contributed by atoms with Crippen LogP contribution in [0.4, 0.5) is 13.2 Å². The minimum Gasteiger partial charge on any atom is -0.389 e. The number of aliphatic hydroxyl groups is 1. The number of halogens is 3. The van der Waals surface area contributed by atoms with Gasteiger partial charge in [-0.2, -0.15) is 22.8 Å². The Balaban J connectivity index is 1.51. The number of aromatic nitrogens is 6. The van der Waals surface area contributed by atoms with Crippen molar-refractivity contribution in [2.45, 2.75) is 12.3 Å². The first-order valence-electron chi connectivity index (χ1n) is 9.16. The van der Waals surface area contributed by atoms with Crippen molar-refractivity contribution in [3.63, 3.8) is 0 Å². The summed E-state index contributed by atoms with van der Waals surface area (Å²) < 4.78 is 39.4. The van der Waals surface area contributed by atoms with Crippen molar-refractivity contribution in [1.82, 2.24) is 34.7 Å². The fourth-order valence-corrected chi connectivity index (χ4v) is 4.00. The smallest absolute Gasteiger partial charge is 0.389 e. The van der Waals surface area contributed by atoms with Crippen LogP contribution in [0, 0.1) is 0 Å². The van der Waals surface area contributed by atoms with Gasteiger partial charge in [-0.05, 0) is 12.1 Å². The lowest BCUT2D eigenvalue weighted by atomic mass is 10.2. The van der Waals surface area contributed by atoms with Gasteiger partial charge in [-0.25, -0.2) is 0 Å². The Kier molecular flexibility index (Phi) is 4.56. The molecular formula is C18H12F3N7O3S. The molecule has 5 heterocycles. The number of nitrogens with one attached hydrogen (secondary N) is 1. The molecule has 14 heteroatoms. The number of nitrogens with zero attached hydrogens (tertiary/aromatic N) is 6. The van der Waals surface area contributed by atoms with Crippen molar-refractivity contribution in [2.75, 3.05) is 13.1 Å². The lowest BCUT2D eigenvalue weighted by Gasteiger charge is -2.34. The molecule has 4 aromatic rings.